The van der Waals surface area contributed by atoms with E-state index in [1.807, 2.05) is 54.0 Å². The molecule has 0 bridgehead atoms. The number of nitrogens with one attached hydrogen (secondary N) is 1. The first-order chi connectivity index (χ1) is 13.1. The molecule has 5 nitrogen and oxygen atoms in total. The van der Waals surface area contributed by atoms with Crippen molar-refractivity contribution in [3.8, 4) is 11.4 Å². The van der Waals surface area contributed by atoms with Crippen molar-refractivity contribution in [3.63, 3.8) is 0 Å². The summed E-state index contributed by atoms with van der Waals surface area (Å²) < 4.78 is 1.99. The normalized spacial score (nSPS) is 12.0. The smallest absolute Gasteiger partial charge is 0.251 e. The van der Waals surface area contributed by atoms with Gasteiger partial charge in [-0.25, -0.2) is 4.98 Å². The number of fused-ring (bicyclic) bond motifs is 1. The van der Waals surface area contributed by atoms with Gasteiger partial charge in [-0.15, -0.1) is 0 Å². The molecule has 1 aromatic heterocycles. The molecule has 0 saturated carbocycles. The Balaban J connectivity index is 1.52. The number of amides is 1. The molecule has 5 heteroatoms. The van der Waals surface area contributed by atoms with Gasteiger partial charge in [-0.2, -0.15) is 0 Å². The quantitative estimate of drug-likeness (QED) is 0.575. The number of benzene rings is 3. The lowest BCUT2D eigenvalue weighted by molar-refractivity contribution is 0.0940. The van der Waals surface area contributed by atoms with Gasteiger partial charge < -0.3 is 10.4 Å². The van der Waals surface area contributed by atoms with Gasteiger partial charge in [0.15, 0.2) is 0 Å². The summed E-state index contributed by atoms with van der Waals surface area (Å²) in [6.07, 6.45) is 1.78. The summed E-state index contributed by atoms with van der Waals surface area (Å²) in [5, 5.41) is 12.5. The molecule has 1 atom stereocenters. The van der Waals surface area contributed by atoms with Gasteiger partial charge >= 0.3 is 0 Å². The highest BCUT2D eigenvalue weighted by Gasteiger charge is 2.12. The number of hydrogen-bond donors (Lipinski definition) is 2. The Morgan fingerprint density at radius 3 is 2.59 bits per heavy atom. The van der Waals surface area contributed by atoms with Gasteiger partial charge in [0.2, 0.25) is 0 Å². The number of aromatic nitrogens is 2. The molecule has 4 aromatic rings. The molecular weight excluding hydrogens is 338 g/mol. The van der Waals surface area contributed by atoms with Crippen molar-refractivity contribution in [2.24, 2.45) is 0 Å². The van der Waals surface area contributed by atoms with Crippen molar-refractivity contribution < 1.29 is 9.90 Å². The monoisotopic (exact) mass is 357 g/mol. The van der Waals surface area contributed by atoms with E-state index in [2.05, 4.69) is 10.3 Å². The van der Waals surface area contributed by atoms with Crippen LogP contribution in [0.1, 0.15) is 28.9 Å². The van der Waals surface area contributed by atoms with Crippen molar-refractivity contribution in [3.05, 3.63) is 90.3 Å². The molecule has 2 N–H and O–H groups in total. The number of para-hydroxylation sites is 2. The second-order valence-corrected chi connectivity index (χ2v) is 6.44. The molecule has 134 valence electrons. The lowest BCUT2D eigenvalue weighted by atomic mass is 10.1. The fourth-order valence-electron chi connectivity index (χ4n) is 3.10. The minimum Gasteiger partial charge on any atom is -0.508 e. The first-order valence-electron chi connectivity index (χ1n) is 8.74. The van der Waals surface area contributed by atoms with E-state index in [0.717, 1.165) is 22.3 Å². The lowest BCUT2D eigenvalue weighted by Crippen LogP contribution is -2.26. The van der Waals surface area contributed by atoms with Gasteiger partial charge in [-0.05, 0) is 61.0 Å². The highest BCUT2D eigenvalue weighted by Crippen LogP contribution is 2.20. The average Bonchev–Trinajstić information content (AvgIpc) is 3.12. The minimum atomic E-state index is -0.207. The predicted octanol–water partition coefficient (Wildman–Crippen LogP) is 4.22. The number of nitrogens with zero attached hydrogens (tertiary/aromatic N) is 2. The van der Waals surface area contributed by atoms with E-state index in [9.17, 15) is 9.90 Å². The first-order valence-corrected chi connectivity index (χ1v) is 8.74. The Morgan fingerprint density at radius 1 is 1.04 bits per heavy atom. The zero-order valence-corrected chi connectivity index (χ0v) is 14.8. The number of carbonyl (C=O) groups excluding carboxylic acids is 1. The van der Waals surface area contributed by atoms with Crippen LogP contribution in [-0.2, 0) is 0 Å². The third kappa shape index (κ3) is 3.40. The first kappa shape index (κ1) is 16.8. The van der Waals surface area contributed by atoms with Gasteiger partial charge in [-0.1, -0.05) is 24.3 Å². The molecule has 0 aliphatic rings. The Morgan fingerprint density at radius 2 is 1.81 bits per heavy atom. The number of rotatable bonds is 4. The van der Waals surface area contributed by atoms with Crippen molar-refractivity contribution >= 4 is 16.9 Å². The molecule has 0 spiro atoms. The van der Waals surface area contributed by atoms with Gasteiger partial charge in [0.05, 0.1) is 17.1 Å². The Bertz CT molecular complexity index is 1100. The fraction of sp³-hybridized carbons (Fsp3) is 0.0909. The molecule has 0 radical (unpaired) electrons. The molecule has 1 amide bonds. The summed E-state index contributed by atoms with van der Waals surface area (Å²) in [6.45, 7) is 1.89. The van der Waals surface area contributed by atoms with Crippen molar-refractivity contribution in [2.75, 3.05) is 0 Å². The number of carbonyl (C=O) groups is 1. The molecule has 1 unspecified atom stereocenters. The van der Waals surface area contributed by atoms with Crippen LogP contribution < -0.4 is 5.32 Å². The molecule has 3 aromatic carbocycles. The van der Waals surface area contributed by atoms with Crippen LogP contribution in [0, 0.1) is 0 Å². The Kier molecular flexibility index (Phi) is 4.34. The number of hydrogen-bond acceptors (Lipinski definition) is 3. The van der Waals surface area contributed by atoms with E-state index in [1.54, 1.807) is 36.7 Å². The van der Waals surface area contributed by atoms with Gasteiger partial charge in [0, 0.05) is 11.3 Å². The van der Waals surface area contributed by atoms with Crippen molar-refractivity contribution in [1.82, 2.24) is 14.9 Å². The number of phenolic OH excluding ortho intramolecular Hbond substituents is 1. The predicted molar refractivity (Wildman–Crippen MR) is 105 cm³/mol. The molecule has 0 aliphatic carbocycles. The molecule has 4 rings (SSSR count). The summed E-state index contributed by atoms with van der Waals surface area (Å²) >= 11 is 0. The number of aromatic hydroxyl groups is 1. The van der Waals surface area contributed by atoms with Gasteiger partial charge in [-0.3, -0.25) is 9.36 Å². The summed E-state index contributed by atoms with van der Waals surface area (Å²) in [5.41, 5.74) is 4.33. The van der Waals surface area contributed by atoms with E-state index in [-0.39, 0.29) is 17.7 Å². The lowest BCUT2D eigenvalue weighted by Gasteiger charge is -2.15. The SMILES string of the molecule is CC(NC(=O)c1ccc(-n2cnc3ccccc32)cc1)c1cccc(O)c1. The number of imidazole rings is 1. The maximum Gasteiger partial charge on any atom is 0.251 e. The van der Waals surface area contributed by atoms with Crippen molar-refractivity contribution in [1.29, 1.82) is 0 Å². The van der Waals surface area contributed by atoms with Crippen LogP contribution in [0.25, 0.3) is 16.7 Å². The van der Waals surface area contributed by atoms with E-state index < -0.39 is 0 Å². The highest BCUT2D eigenvalue weighted by molar-refractivity contribution is 5.94. The highest BCUT2D eigenvalue weighted by atomic mass is 16.3. The topological polar surface area (TPSA) is 67.2 Å². The molecule has 0 aliphatic heterocycles. The minimum absolute atomic E-state index is 0.159. The Hall–Kier alpha value is -3.60. The van der Waals surface area contributed by atoms with Gasteiger partial charge in [0.25, 0.3) is 5.91 Å². The molecule has 27 heavy (non-hydrogen) atoms. The Labute approximate surface area is 156 Å². The molecule has 0 saturated heterocycles. The summed E-state index contributed by atoms with van der Waals surface area (Å²) in [7, 11) is 0. The second-order valence-electron chi connectivity index (χ2n) is 6.44. The van der Waals surface area contributed by atoms with E-state index in [1.165, 1.54) is 0 Å². The zero-order valence-electron chi connectivity index (χ0n) is 14.8. The van der Waals surface area contributed by atoms with Crippen molar-refractivity contribution in [2.45, 2.75) is 13.0 Å². The van der Waals surface area contributed by atoms with E-state index in [0.29, 0.717) is 5.56 Å². The molecule has 0 fully saturated rings. The van der Waals surface area contributed by atoms with Crippen LogP contribution in [-0.4, -0.2) is 20.6 Å². The van der Waals surface area contributed by atoms with Crippen LogP contribution in [0.4, 0.5) is 0 Å². The van der Waals surface area contributed by atoms with E-state index in [4.69, 9.17) is 0 Å². The van der Waals surface area contributed by atoms with Crippen LogP contribution in [0.15, 0.2) is 79.1 Å². The molecule has 1 heterocycles. The summed E-state index contributed by atoms with van der Waals surface area (Å²) in [6, 6.07) is 22.0. The van der Waals surface area contributed by atoms with E-state index >= 15 is 0 Å². The maximum absolute atomic E-state index is 12.5. The van der Waals surface area contributed by atoms with Crippen LogP contribution in [0.5, 0.6) is 5.75 Å². The average molecular weight is 357 g/mol. The van der Waals surface area contributed by atoms with Crippen LogP contribution >= 0.6 is 0 Å². The van der Waals surface area contributed by atoms with Crippen LogP contribution in [0.3, 0.4) is 0 Å². The fourth-order valence-corrected chi connectivity index (χ4v) is 3.10. The second kappa shape index (κ2) is 6.96. The summed E-state index contributed by atoms with van der Waals surface area (Å²) in [4.78, 5) is 16.9. The number of phenols is 1. The zero-order chi connectivity index (χ0) is 18.8. The third-order valence-corrected chi connectivity index (χ3v) is 4.58. The largest absolute Gasteiger partial charge is 0.508 e. The van der Waals surface area contributed by atoms with Crippen LogP contribution in [0.2, 0.25) is 0 Å². The maximum atomic E-state index is 12.5. The van der Waals surface area contributed by atoms with Gasteiger partial charge in [0.1, 0.15) is 12.1 Å². The summed E-state index contributed by atoms with van der Waals surface area (Å²) in [5.74, 6) is 0.0263. The molecular formula is C22H19N3O2. The third-order valence-electron chi connectivity index (χ3n) is 4.58. The standard InChI is InChI=1S/C22H19N3O2/c1-15(17-5-4-6-19(26)13-17)24-22(27)16-9-11-18(12-10-16)25-14-23-20-7-2-3-8-21(20)25/h2-15,26H,1H3,(H,24,27).